The standard InChI is InChI=1S/C12H19N5O2/c18-12(19)8-16(9-3-1-2-4-9)7-11-13-14-15-17(11)10-5-6-10/h9-10H,1-8H2,(H,18,19). The maximum atomic E-state index is 11.0. The van der Waals surface area contributed by atoms with E-state index in [1.54, 1.807) is 0 Å². The first-order valence-electron chi connectivity index (χ1n) is 6.96. The van der Waals surface area contributed by atoms with Gasteiger partial charge in [-0.3, -0.25) is 9.69 Å². The smallest absolute Gasteiger partial charge is 0.317 e. The molecule has 3 rings (SSSR count). The molecule has 2 fully saturated rings. The molecule has 0 bridgehead atoms. The number of carboxylic acid groups (broad SMARTS) is 1. The lowest BCUT2D eigenvalue weighted by Crippen LogP contribution is -2.37. The van der Waals surface area contributed by atoms with Crippen LogP contribution in [0.3, 0.4) is 0 Å². The molecule has 2 aliphatic carbocycles. The molecule has 19 heavy (non-hydrogen) atoms. The first kappa shape index (κ1) is 12.5. The van der Waals surface area contributed by atoms with E-state index in [2.05, 4.69) is 15.5 Å². The fourth-order valence-electron chi connectivity index (χ4n) is 2.86. The largest absolute Gasteiger partial charge is 0.480 e. The Kier molecular flexibility index (Phi) is 3.46. The van der Waals surface area contributed by atoms with Crippen molar-refractivity contribution in [2.24, 2.45) is 0 Å². The van der Waals surface area contributed by atoms with Gasteiger partial charge in [0, 0.05) is 6.04 Å². The van der Waals surface area contributed by atoms with Gasteiger partial charge in [0.1, 0.15) is 0 Å². The molecule has 7 heteroatoms. The summed E-state index contributed by atoms with van der Waals surface area (Å²) in [6, 6.07) is 0.792. The molecule has 7 nitrogen and oxygen atoms in total. The van der Waals surface area contributed by atoms with Crippen LogP contribution in [0.4, 0.5) is 0 Å². The molecule has 0 radical (unpaired) electrons. The van der Waals surface area contributed by atoms with E-state index in [0.29, 0.717) is 18.6 Å². The van der Waals surface area contributed by atoms with Crippen LogP contribution < -0.4 is 0 Å². The van der Waals surface area contributed by atoms with Crippen LogP contribution in [0.15, 0.2) is 0 Å². The number of tetrazole rings is 1. The van der Waals surface area contributed by atoms with Gasteiger partial charge in [0.15, 0.2) is 5.82 Å². The Labute approximate surface area is 111 Å². The van der Waals surface area contributed by atoms with Crippen molar-refractivity contribution < 1.29 is 9.90 Å². The highest BCUT2D eigenvalue weighted by atomic mass is 16.4. The van der Waals surface area contributed by atoms with Crippen LogP contribution in [0.5, 0.6) is 0 Å². The zero-order valence-corrected chi connectivity index (χ0v) is 10.9. The van der Waals surface area contributed by atoms with Crippen molar-refractivity contribution in [1.82, 2.24) is 25.1 Å². The van der Waals surface area contributed by atoms with E-state index in [1.165, 1.54) is 12.8 Å². The van der Waals surface area contributed by atoms with Gasteiger partial charge in [0.25, 0.3) is 0 Å². The van der Waals surface area contributed by atoms with Crippen molar-refractivity contribution in [3.63, 3.8) is 0 Å². The Morgan fingerprint density at radius 2 is 2.05 bits per heavy atom. The molecular weight excluding hydrogens is 246 g/mol. The van der Waals surface area contributed by atoms with Gasteiger partial charge in [-0.15, -0.1) is 5.10 Å². The zero-order valence-electron chi connectivity index (χ0n) is 10.9. The minimum Gasteiger partial charge on any atom is -0.480 e. The summed E-state index contributed by atoms with van der Waals surface area (Å²) in [5, 5.41) is 20.9. The molecule has 1 heterocycles. The molecule has 0 aromatic carbocycles. The van der Waals surface area contributed by atoms with Gasteiger partial charge in [-0.1, -0.05) is 12.8 Å². The highest BCUT2D eigenvalue weighted by Crippen LogP contribution is 2.35. The summed E-state index contributed by atoms with van der Waals surface area (Å²) in [6.45, 7) is 0.614. The third-order valence-corrected chi connectivity index (χ3v) is 3.98. The number of aromatic nitrogens is 4. The lowest BCUT2D eigenvalue weighted by molar-refractivity contribution is -0.139. The van der Waals surface area contributed by atoms with Gasteiger partial charge in [-0.05, 0) is 36.1 Å². The van der Waals surface area contributed by atoms with Crippen molar-refractivity contribution in [2.45, 2.75) is 57.2 Å². The second kappa shape index (κ2) is 5.24. The van der Waals surface area contributed by atoms with E-state index in [4.69, 9.17) is 5.11 Å². The molecule has 0 atom stereocenters. The fraction of sp³-hybridized carbons (Fsp3) is 0.833. The van der Waals surface area contributed by atoms with Gasteiger partial charge in [-0.2, -0.15) is 0 Å². The predicted molar refractivity (Wildman–Crippen MR) is 66.4 cm³/mol. The third kappa shape index (κ3) is 2.91. The number of carbonyl (C=O) groups is 1. The Balaban J connectivity index is 1.71. The SMILES string of the molecule is O=C(O)CN(Cc1nnnn1C1CC1)C1CCCC1. The summed E-state index contributed by atoms with van der Waals surface area (Å²) in [7, 11) is 0. The molecule has 2 saturated carbocycles. The van der Waals surface area contributed by atoms with Gasteiger partial charge < -0.3 is 5.11 Å². The van der Waals surface area contributed by atoms with E-state index in [-0.39, 0.29) is 6.54 Å². The molecule has 0 unspecified atom stereocenters. The minimum atomic E-state index is -0.780. The Bertz CT molecular complexity index is 451. The molecule has 1 aromatic heterocycles. The van der Waals surface area contributed by atoms with E-state index in [9.17, 15) is 4.79 Å². The molecule has 1 aromatic rings. The van der Waals surface area contributed by atoms with Crippen LogP contribution in [0.1, 0.15) is 50.4 Å². The monoisotopic (exact) mass is 265 g/mol. The average Bonchev–Trinajstić information content (AvgIpc) is 2.91. The molecule has 2 aliphatic rings. The summed E-state index contributed by atoms with van der Waals surface area (Å²) in [6.07, 6.45) is 6.79. The van der Waals surface area contributed by atoms with Crippen LogP contribution in [0, 0.1) is 0 Å². The molecule has 0 saturated heterocycles. The second-order valence-corrected chi connectivity index (χ2v) is 5.51. The highest BCUT2D eigenvalue weighted by Gasteiger charge is 2.30. The molecular formula is C12H19N5O2. The summed E-state index contributed by atoms with van der Waals surface area (Å²) < 4.78 is 1.86. The van der Waals surface area contributed by atoms with Crippen molar-refractivity contribution >= 4 is 5.97 Å². The Morgan fingerprint density at radius 1 is 1.32 bits per heavy atom. The fourth-order valence-corrected chi connectivity index (χ4v) is 2.86. The lowest BCUT2D eigenvalue weighted by atomic mass is 10.2. The minimum absolute atomic E-state index is 0.0716. The Hall–Kier alpha value is -1.50. The van der Waals surface area contributed by atoms with Gasteiger partial charge in [-0.25, -0.2) is 4.68 Å². The van der Waals surface area contributed by atoms with Gasteiger partial charge >= 0.3 is 5.97 Å². The first-order chi connectivity index (χ1) is 9.24. The predicted octanol–water partition coefficient (Wildman–Crippen LogP) is 0.837. The van der Waals surface area contributed by atoms with Crippen molar-refractivity contribution in [1.29, 1.82) is 0 Å². The van der Waals surface area contributed by atoms with Crippen LogP contribution in [-0.4, -0.2) is 48.8 Å². The number of aliphatic carboxylic acids is 1. The second-order valence-electron chi connectivity index (χ2n) is 5.51. The van der Waals surface area contributed by atoms with Gasteiger partial charge in [0.05, 0.1) is 19.1 Å². The maximum absolute atomic E-state index is 11.0. The van der Waals surface area contributed by atoms with Crippen LogP contribution in [0.25, 0.3) is 0 Å². The number of rotatable bonds is 6. The van der Waals surface area contributed by atoms with Crippen molar-refractivity contribution in [3.05, 3.63) is 5.82 Å². The Morgan fingerprint density at radius 3 is 2.68 bits per heavy atom. The average molecular weight is 265 g/mol. The molecule has 1 N–H and O–H groups in total. The summed E-state index contributed by atoms with van der Waals surface area (Å²) in [5.41, 5.74) is 0. The summed E-state index contributed by atoms with van der Waals surface area (Å²) in [5.74, 6) is 0.0213. The van der Waals surface area contributed by atoms with Crippen molar-refractivity contribution in [3.8, 4) is 0 Å². The number of hydrogen-bond acceptors (Lipinski definition) is 5. The maximum Gasteiger partial charge on any atom is 0.317 e. The summed E-state index contributed by atoms with van der Waals surface area (Å²) in [4.78, 5) is 13.0. The quantitative estimate of drug-likeness (QED) is 0.820. The van der Waals surface area contributed by atoms with E-state index < -0.39 is 5.97 Å². The first-order valence-corrected chi connectivity index (χ1v) is 6.96. The number of hydrogen-bond donors (Lipinski definition) is 1. The number of carboxylic acids is 1. The normalized spacial score (nSPS) is 20.3. The lowest BCUT2D eigenvalue weighted by Gasteiger charge is -2.26. The van der Waals surface area contributed by atoms with Crippen molar-refractivity contribution in [2.75, 3.05) is 6.54 Å². The van der Waals surface area contributed by atoms with Crippen LogP contribution in [-0.2, 0) is 11.3 Å². The van der Waals surface area contributed by atoms with E-state index >= 15 is 0 Å². The van der Waals surface area contributed by atoms with Gasteiger partial charge in [0.2, 0.25) is 0 Å². The zero-order chi connectivity index (χ0) is 13.2. The molecule has 104 valence electrons. The molecule has 0 spiro atoms. The molecule has 0 amide bonds. The van der Waals surface area contributed by atoms with E-state index in [1.807, 2.05) is 9.58 Å². The van der Waals surface area contributed by atoms with E-state index in [0.717, 1.165) is 31.5 Å². The molecule has 0 aliphatic heterocycles. The van der Waals surface area contributed by atoms with Crippen LogP contribution >= 0.6 is 0 Å². The third-order valence-electron chi connectivity index (χ3n) is 3.98. The van der Waals surface area contributed by atoms with Crippen LogP contribution in [0.2, 0.25) is 0 Å². The highest BCUT2D eigenvalue weighted by molar-refractivity contribution is 5.69. The topological polar surface area (TPSA) is 84.1 Å². The summed E-state index contributed by atoms with van der Waals surface area (Å²) >= 11 is 0. The number of nitrogens with zero attached hydrogens (tertiary/aromatic N) is 5.